The molecule has 1 amide bonds. The minimum atomic E-state index is 0.0862. The van der Waals surface area contributed by atoms with Crippen molar-refractivity contribution in [2.24, 2.45) is 11.7 Å². The van der Waals surface area contributed by atoms with Gasteiger partial charge in [-0.1, -0.05) is 0 Å². The Kier molecular flexibility index (Phi) is 2.54. The minimum absolute atomic E-state index is 0.0862. The lowest BCUT2D eigenvalue weighted by Gasteiger charge is -2.30. The summed E-state index contributed by atoms with van der Waals surface area (Å²) in [7, 11) is 0. The zero-order valence-corrected chi connectivity index (χ0v) is 7.90. The van der Waals surface area contributed by atoms with Crippen molar-refractivity contribution >= 4 is 5.91 Å². The third-order valence-electron chi connectivity index (χ3n) is 2.56. The monoisotopic (exact) mass is 194 g/mol. The average molecular weight is 194 g/mol. The van der Waals surface area contributed by atoms with Crippen LogP contribution in [-0.2, 0) is 11.3 Å². The molecule has 0 unspecified atom stereocenters. The SMILES string of the molecule is NC1CC(C(=O)NCc2ccco2)C1. The summed E-state index contributed by atoms with van der Waals surface area (Å²) in [6, 6.07) is 3.86. The molecule has 4 heteroatoms. The van der Waals surface area contributed by atoms with Crippen LogP contribution in [0.3, 0.4) is 0 Å². The number of nitrogens with two attached hydrogens (primary N) is 1. The van der Waals surface area contributed by atoms with Gasteiger partial charge in [0.15, 0.2) is 0 Å². The smallest absolute Gasteiger partial charge is 0.223 e. The molecule has 1 saturated carbocycles. The molecule has 1 aromatic heterocycles. The number of carbonyl (C=O) groups excluding carboxylic acids is 1. The number of carbonyl (C=O) groups is 1. The fourth-order valence-corrected chi connectivity index (χ4v) is 1.61. The summed E-state index contributed by atoms with van der Waals surface area (Å²) in [5, 5.41) is 2.82. The molecule has 3 N–H and O–H groups in total. The summed E-state index contributed by atoms with van der Waals surface area (Å²) in [6.07, 6.45) is 3.22. The van der Waals surface area contributed by atoms with E-state index >= 15 is 0 Å². The molecular formula is C10H14N2O2. The molecule has 2 rings (SSSR count). The molecular weight excluding hydrogens is 180 g/mol. The van der Waals surface area contributed by atoms with Crippen LogP contribution in [-0.4, -0.2) is 11.9 Å². The average Bonchev–Trinajstić information content (AvgIpc) is 2.61. The van der Waals surface area contributed by atoms with Crippen molar-refractivity contribution in [2.75, 3.05) is 0 Å². The van der Waals surface area contributed by atoms with Crippen molar-refractivity contribution in [1.82, 2.24) is 5.32 Å². The Labute approximate surface area is 82.5 Å². The largest absolute Gasteiger partial charge is 0.467 e. The molecule has 0 aromatic carbocycles. The lowest BCUT2D eigenvalue weighted by atomic mass is 9.80. The predicted octanol–water partition coefficient (Wildman–Crippen LogP) is 0.633. The second kappa shape index (κ2) is 3.84. The van der Waals surface area contributed by atoms with Gasteiger partial charge < -0.3 is 15.5 Å². The van der Waals surface area contributed by atoms with Gasteiger partial charge in [-0.25, -0.2) is 0 Å². The van der Waals surface area contributed by atoms with E-state index in [0.29, 0.717) is 6.54 Å². The highest BCUT2D eigenvalue weighted by Gasteiger charge is 2.31. The Balaban J connectivity index is 1.73. The van der Waals surface area contributed by atoms with Gasteiger partial charge in [-0.15, -0.1) is 0 Å². The predicted molar refractivity (Wildman–Crippen MR) is 51.3 cm³/mol. The van der Waals surface area contributed by atoms with Crippen LogP contribution in [0.4, 0.5) is 0 Å². The van der Waals surface area contributed by atoms with E-state index < -0.39 is 0 Å². The van der Waals surface area contributed by atoms with Crippen LogP contribution in [0.2, 0.25) is 0 Å². The highest BCUT2D eigenvalue weighted by Crippen LogP contribution is 2.25. The molecule has 4 nitrogen and oxygen atoms in total. The van der Waals surface area contributed by atoms with Crippen molar-refractivity contribution in [1.29, 1.82) is 0 Å². The standard InChI is InChI=1S/C10H14N2O2/c11-8-4-7(5-8)10(13)12-6-9-2-1-3-14-9/h1-3,7-8H,4-6,11H2,(H,12,13). The molecule has 0 saturated heterocycles. The molecule has 1 heterocycles. The maximum absolute atomic E-state index is 11.5. The Morgan fingerprint density at radius 3 is 3.00 bits per heavy atom. The number of hydrogen-bond donors (Lipinski definition) is 2. The first kappa shape index (κ1) is 9.27. The maximum Gasteiger partial charge on any atom is 0.223 e. The molecule has 0 spiro atoms. The lowest BCUT2D eigenvalue weighted by Crippen LogP contribution is -2.44. The summed E-state index contributed by atoms with van der Waals surface area (Å²) in [6.45, 7) is 0.470. The summed E-state index contributed by atoms with van der Waals surface area (Å²) >= 11 is 0. The van der Waals surface area contributed by atoms with Gasteiger partial charge in [0.1, 0.15) is 5.76 Å². The van der Waals surface area contributed by atoms with E-state index in [-0.39, 0.29) is 17.9 Å². The topological polar surface area (TPSA) is 68.3 Å². The Morgan fingerprint density at radius 1 is 1.64 bits per heavy atom. The van der Waals surface area contributed by atoms with Crippen molar-refractivity contribution in [3.8, 4) is 0 Å². The molecule has 1 aliphatic carbocycles. The van der Waals surface area contributed by atoms with Crippen LogP contribution >= 0.6 is 0 Å². The number of hydrogen-bond acceptors (Lipinski definition) is 3. The summed E-state index contributed by atoms with van der Waals surface area (Å²) in [4.78, 5) is 11.5. The first-order valence-electron chi connectivity index (χ1n) is 4.81. The zero-order valence-electron chi connectivity index (χ0n) is 7.90. The quantitative estimate of drug-likeness (QED) is 0.741. The number of amides is 1. The van der Waals surface area contributed by atoms with Gasteiger partial charge in [-0.3, -0.25) is 4.79 Å². The van der Waals surface area contributed by atoms with E-state index in [2.05, 4.69) is 5.32 Å². The van der Waals surface area contributed by atoms with Gasteiger partial charge in [0, 0.05) is 12.0 Å². The van der Waals surface area contributed by atoms with E-state index in [1.165, 1.54) is 0 Å². The molecule has 0 bridgehead atoms. The van der Waals surface area contributed by atoms with Gasteiger partial charge in [-0.05, 0) is 25.0 Å². The van der Waals surface area contributed by atoms with Crippen LogP contribution in [0.25, 0.3) is 0 Å². The first-order valence-corrected chi connectivity index (χ1v) is 4.81. The van der Waals surface area contributed by atoms with Gasteiger partial charge in [-0.2, -0.15) is 0 Å². The molecule has 76 valence electrons. The van der Waals surface area contributed by atoms with Crippen LogP contribution in [0.1, 0.15) is 18.6 Å². The summed E-state index contributed by atoms with van der Waals surface area (Å²) in [5.41, 5.74) is 5.60. The minimum Gasteiger partial charge on any atom is -0.467 e. The van der Waals surface area contributed by atoms with Crippen LogP contribution in [0, 0.1) is 5.92 Å². The summed E-state index contributed by atoms with van der Waals surface area (Å²) < 4.78 is 5.10. The normalized spacial score (nSPS) is 25.5. The third kappa shape index (κ3) is 1.96. The third-order valence-corrected chi connectivity index (χ3v) is 2.56. The molecule has 0 aliphatic heterocycles. The summed E-state index contributed by atoms with van der Waals surface area (Å²) in [5.74, 6) is 0.977. The number of rotatable bonds is 3. The number of nitrogens with one attached hydrogen (secondary N) is 1. The zero-order chi connectivity index (χ0) is 9.97. The Bertz CT molecular complexity index is 302. The molecule has 1 aliphatic rings. The molecule has 1 fully saturated rings. The Morgan fingerprint density at radius 2 is 2.43 bits per heavy atom. The van der Waals surface area contributed by atoms with Gasteiger partial charge >= 0.3 is 0 Å². The fourth-order valence-electron chi connectivity index (χ4n) is 1.61. The lowest BCUT2D eigenvalue weighted by molar-refractivity contribution is -0.128. The molecule has 0 radical (unpaired) electrons. The number of furan rings is 1. The highest BCUT2D eigenvalue weighted by atomic mass is 16.3. The van der Waals surface area contributed by atoms with Gasteiger partial charge in [0.2, 0.25) is 5.91 Å². The van der Waals surface area contributed by atoms with E-state index in [9.17, 15) is 4.79 Å². The van der Waals surface area contributed by atoms with Crippen molar-refractivity contribution in [2.45, 2.75) is 25.4 Å². The van der Waals surface area contributed by atoms with Crippen LogP contribution in [0.5, 0.6) is 0 Å². The highest BCUT2D eigenvalue weighted by molar-refractivity contribution is 5.79. The fraction of sp³-hybridized carbons (Fsp3) is 0.500. The van der Waals surface area contributed by atoms with Crippen molar-refractivity contribution in [3.63, 3.8) is 0 Å². The Hall–Kier alpha value is -1.29. The van der Waals surface area contributed by atoms with E-state index in [1.807, 2.05) is 6.07 Å². The van der Waals surface area contributed by atoms with Crippen LogP contribution < -0.4 is 11.1 Å². The maximum atomic E-state index is 11.5. The van der Waals surface area contributed by atoms with Gasteiger partial charge in [0.25, 0.3) is 0 Å². The van der Waals surface area contributed by atoms with E-state index in [4.69, 9.17) is 10.2 Å². The van der Waals surface area contributed by atoms with E-state index in [0.717, 1.165) is 18.6 Å². The molecule has 14 heavy (non-hydrogen) atoms. The first-order chi connectivity index (χ1) is 6.75. The second-order valence-electron chi connectivity index (χ2n) is 3.73. The van der Waals surface area contributed by atoms with Crippen LogP contribution in [0.15, 0.2) is 22.8 Å². The van der Waals surface area contributed by atoms with Crippen molar-refractivity contribution in [3.05, 3.63) is 24.2 Å². The molecule has 1 aromatic rings. The second-order valence-corrected chi connectivity index (χ2v) is 3.73. The van der Waals surface area contributed by atoms with Crippen molar-refractivity contribution < 1.29 is 9.21 Å². The van der Waals surface area contributed by atoms with E-state index in [1.54, 1.807) is 12.3 Å². The van der Waals surface area contributed by atoms with Gasteiger partial charge in [0.05, 0.1) is 12.8 Å². The molecule has 0 atom stereocenters.